The van der Waals surface area contributed by atoms with Gasteiger partial charge in [-0.1, -0.05) is 42.8 Å². The van der Waals surface area contributed by atoms with Gasteiger partial charge in [0.25, 0.3) is 11.8 Å². The predicted octanol–water partition coefficient (Wildman–Crippen LogP) is 7.56. The zero-order valence-electron chi connectivity index (χ0n) is 42.6. The first-order valence-electron chi connectivity index (χ1n) is 25.5. The van der Waals surface area contributed by atoms with Gasteiger partial charge in [-0.2, -0.15) is 14.5 Å². The van der Waals surface area contributed by atoms with Crippen LogP contribution in [0.5, 0.6) is 11.5 Å². The second kappa shape index (κ2) is 22.6. The summed E-state index contributed by atoms with van der Waals surface area (Å²) >= 11 is 0. The first-order valence-corrected chi connectivity index (χ1v) is 27.3. The van der Waals surface area contributed by atoms with Crippen LogP contribution in [0.25, 0.3) is 0 Å². The van der Waals surface area contributed by atoms with E-state index >= 15 is 0 Å². The molecule has 0 radical (unpaired) electrons. The molecule has 4 aliphatic heterocycles. The van der Waals surface area contributed by atoms with Crippen LogP contribution < -0.4 is 19.3 Å². The first-order chi connectivity index (χ1) is 34.8. The van der Waals surface area contributed by atoms with Gasteiger partial charge < -0.3 is 29.1 Å². The lowest BCUT2D eigenvalue weighted by atomic mass is 10.1. The SMILES string of the molecule is Cc1cc(C(=O)N2Cc3cnn(C)c3Cc3ccccc32)ccc1OCCCN1CCCCC1.Cc1cc(C(=O)N2Cc3cnn(C)c3Cc3ccccc32)ccc1OCCCN1CCN(S(C)(=O)=O)CC1. The highest BCUT2D eigenvalue weighted by molar-refractivity contribution is 7.88. The van der Waals surface area contributed by atoms with Gasteiger partial charge in [-0.3, -0.25) is 19.0 Å². The number of piperazine rings is 1. The van der Waals surface area contributed by atoms with Gasteiger partial charge in [0.1, 0.15) is 11.5 Å². The van der Waals surface area contributed by atoms with Crippen molar-refractivity contribution >= 4 is 33.2 Å². The van der Waals surface area contributed by atoms with E-state index in [-0.39, 0.29) is 11.8 Å². The van der Waals surface area contributed by atoms with Gasteiger partial charge in [0.05, 0.1) is 45.0 Å². The minimum absolute atomic E-state index is 0.00361. The fourth-order valence-corrected chi connectivity index (χ4v) is 11.3. The number of carbonyl (C=O) groups is 2. The van der Waals surface area contributed by atoms with Gasteiger partial charge >= 0.3 is 0 Å². The van der Waals surface area contributed by atoms with Gasteiger partial charge in [0, 0.05) is 111 Å². The Morgan fingerprint density at radius 1 is 0.569 bits per heavy atom. The van der Waals surface area contributed by atoms with Crippen LogP contribution in [0.3, 0.4) is 0 Å². The number of likely N-dealkylation sites (tertiary alicyclic amines) is 1. The van der Waals surface area contributed by atoms with E-state index in [9.17, 15) is 18.0 Å². The molecule has 2 aromatic heterocycles. The van der Waals surface area contributed by atoms with Gasteiger partial charge in [-0.15, -0.1) is 0 Å². The standard InChI is InChI=1S/C28H35N5O4S.C28H34N4O2/c1-21-17-23(9-10-27(21)37-16-6-11-31-12-14-32(15-13-31)38(3,35)36)28(34)33-20-24-19-29-30(2)26(24)18-22-7-4-5-8-25(22)33;1-21-17-23(11-12-27(21)34-16-8-15-31-13-6-3-7-14-31)28(33)32-20-24-19-29-30(2)26(24)18-22-9-4-5-10-25(22)32/h4-5,7-10,17,19H,6,11-16,18,20H2,1-3H3;4-5,9-12,17,19H,3,6-8,13-16,18,20H2,1-2H3. The molecule has 0 aliphatic carbocycles. The topological polar surface area (TPSA) is 139 Å². The van der Waals surface area contributed by atoms with Gasteiger partial charge in [0.15, 0.2) is 0 Å². The molecular weight excluding hydrogens is 927 g/mol. The molecule has 0 bridgehead atoms. The van der Waals surface area contributed by atoms with E-state index in [0.29, 0.717) is 50.5 Å². The number of fused-ring (bicyclic) bond motifs is 4. The number of piperidine rings is 1. The number of anilines is 2. The Morgan fingerprint density at radius 2 is 1.01 bits per heavy atom. The molecule has 2 amide bonds. The summed E-state index contributed by atoms with van der Waals surface area (Å²) in [5.41, 5.74) is 11.8. The Hall–Kier alpha value is -6.33. The molecule has 4 aliphatic rings. The summed E-state index contributed by atoms with van der Waals surface area (Å²) in [5, 5.41) is 8.85. The van der Waals surface area contributed by atoms with E-state index < -0.39 is 10.0 Å². The quantitative estimate of drug-likeness (QED) is 0.107. The molecule has 0 unspecified atom stereocenters. The summed E-state index contributed by atoms with van der Waals surface area (Å²) in [7, 11) is 0.801. The third-order valence-electron chi connectivity index (χ3n) is 14.6. The second-order valence-corrected chi connectivity index (χ2v) is 21.6. The number of hydrogen-bond donors (Lipinski definition) is 0. The lowest BCUT2D eigenvalue weighted by Crippen LogP contribution is -2.48. The lowest BCUT2D eigenvalue weighted by molar-refractivity contribution is 0.0977. The third kappa shape index (κ3) is 11.8. The number of rotatable bonds is 13. The number of benzene rings is 4. The molecule has 4 aromatic carbocycles. The van der Waals surface area contributed by atoms with E-state index in [4.69, 9.17) is 9.47 Å². The van der Waals surface area contributed by atoms with Gasteiger partial charge in [-0.05, 0) is 123 Å². The van der Waals surface area contributed by atoms with Crippen molar-refractivity contribution in [2.75, 3.05) is 81.6 Å². The normalized spacial score (nSPS) is 16.3. The smallest absolute Gasteiger partial charge is 0.258 e. The molecule has 0 saturated carbocycles. The van der Waals surface area contributed by atoms with E-state index in [1.807, 2.05) is 132 Å². The average Bonchev–Trinajstić information content (AvgIpc) is 3.77. The minimum Gasteiger partial charge on any atom is -0.493 e. The van der Waals surface area contributed by atoms with Crippen LogP contribution in [0.2, 0.25) is 0 Å². The maximum atomic E-state index is 13.7. The second-order valence-electron chi connectivity index (χ2n) is 19.6. The van der Waals surface area contributed by atoms with Crippen molar-refractivity contribution in [3.05, 3.63) is 153 Å². The molecular formula is C56H69N9O6S. The minimum atomic E-state index is -3.11. The fraction of sp³-hybridized carbons (Fsp3) is 0.429. The van der Waals surface area contributed by atoms with Crippen molar-refractivity contribution < 1.29 is 27.5 Å². The molecule has 0 spiro atoms. The van der Waals surface area contributed by atoms with Gasteiger partial charge in [-0.25, -0.2) is 8.42 Å². The van der Waals surface area contributed by atoms with Crippen molar-refractivity contribution in [1.29, 1.82) is 0 Å². The Morgan fingerprint density at radius 3 is 1.46 bits per heavy atom. The van der Waals surface area contributed by atoms with Crippen molar-refractivity contribution in [1.82, 2.24) is 33.7 Å². The van der Waals surface area contributed by atoms with Crippen molar-refractivity contribution in [3.8, 4) is 11.5 Å². The van der Waals surface area contributed by atoms with Crippen LogP contribution in [0, 0.1) is 13.8 Å². The number of para-hydroxylation sites is 2. The fourth-order valence-electron chi connectivity index (χ4n) is 10.4. The van der Waals surface area contributed by atoms with E-state index in [2.05, 4.69) is 32.1 Å². The summed E-state index contributed by atoms with van der Waals surface area (Å²) in [6, 6.07) is 27.7. The molecule has 16 heteroatoms. The molecule has 72 heavy (non-hydrogen) atoms. The van der Waals surface area contributed by atoms with Crippen LogP contribution in [0.1, 0.15) is 97.6 Å². The lowest BCUT2D eigenvalue weighted by Gasteiger charge is -2.33. The van der Waals surface area contributed by atoms with Crippen LogP contribution >= 0.6 is 0 Å². The van der Waals surface area contributed by atoms with Crippen LogP contribution in [-0.2, 0) is 50.0 Å². The van der Waals surface area contributed by atoms with E-state index in [1.54, 1.807) is 0 Å². The highest BCUT2D eigenvalue weighted by Crippen LogP contribution is 2.34. The Kier molecular flexibility index (Phi) is 15.9. The maximum absolute atomic E-state index is 13.7. The van der Waals surface area contributed by atoms with Crippen molar-refractivity contribution in [2.24, 2.45) is 14.1 Å². The highest BCUT2D eigenvalue weighted by Gasteiger charge is 2.29. The Bertz CT molecular complexity index is 2990. The third-order valence-corrected chi connectivity index (χ3v) is 15.9. The summed E-state index contributed by atoms with van der Waals surface area (Å²) in [6.07, 6.45) is 12.4. The number of aryl methyl sites for hydroxylation is 4. The number of amides is 2. The summed E-state index contributed by atoms with van der Waals surface area (Å²) in [6.45, 7) is 13.2. The number of nitrogens with zero attached hydrogens (tertiary/aromatic N) is 9. The largest absolute Gasteiger partial charge is 0.493 e. The number of aromatic nitrogens is 4. The first kappa shape index (κ1) is 50.6. The van der Waals surface area contributed by atoms with Gasteiger partial charge in [0.2, 0.25) is 10.0 Å². The molecule has 0 atom stereocenters. The van der Waals surface area contributed by atoms with E-state index in [1.165, 1.54) is 42.9 Å². The number of carbonyl (C=O) groups excluding carboxylic acids is 2. The molecule has 2 fully saturated rings. The summed E-state index contributed by atoms with van der Waals surface area (Å²) in [5.74, 6) is 1.59. The molecule has 2 saturated heterocycles. The zero-order chi connectivity index (χ0) is 50.4. The van der Waals surface area contributed by atoms with Crippen LogP contribution in [0.15, 0.2) is 97.3 Å². The molecule has 15 nitrogen and oxygen atoms in total. The Balaban J connectivity index is 0.000000179. The van der Waals surface area contributed by atoms with E-state index in [0.717, 1.165) is 120 Å². The molecule has 10 rings (SSSR count). The number of ether oxygens (including phenoxy) is 2. The zero-order valence-corrected chi connectivity index (χ0v) is 43.4. The number of sulfonamides is 1. The molecule has 6 aromatic rings. The Labute approximate surface area is 425 Å². The summed E-state index contributed by atoms with van der Waals surface area (Å²) < 4.78 is 40.8. The van der Waals surface area contributed by atoms with Crippen molar-refractivity contribution in [3.63, 3.8) is 0 Å². The van der Waals surface area contributed by atoms with Crippen LogP contribution in [0.4, 0.5) is 11.4 Å². The summed E-state index contributed by atoms with van der Waals surface area (Å²) in [4.78, 5) is 36.0. The highest BCUT2D eigenvalue weighted by atomic mass is 32.2. The number of hydrogen-bond acceptors (Lipinski definition) is 10. The monoisotopic (exact) mass is 996 g/mol. The average molecular weight is 996 g/mol. The molecule has 6 heterocycles. The molecule has 380 valence electrons. The maximum Gasteiger partial charge on any atom is 0.258 e. The van der Waals surface area contributed by atoms with Crippen molar-refractivity contribution in [2.45, 2.75) is 71.9 Å². The van der Waals surface area contributed by atoms with Crippen LogP contribution in [-0.4, -0.2) is 126 Å². The molecule has 0 N–H and O–H groups in total. The predicted molar refractivity (Wildman–Crippen MR) is 282 cm³/mol.